The quantitative estimate of drug-likeness (QED) is 0.740. The van der Waals surface area contributed by atoms with Crippen molar-refractivity contribution in [3.05, 3.63) is 16.1 Å². The summed E-state index contributed by atoms with van der Waals surface area (Å²) in [7, 11) is 0. The predicted molar refractivity (Wildman–Crippen MR) is 54.8 cm³/mol. The molecule has 0 bridgehead atoms. The molecule has 1 atom stereocenters. The Morgan fingerprint density at radius 2 is 2.31 bits per heavy atom. The summed E-state index contributed by atoms with van der Waals surface area (Å²) >= 11 is 1.60. The van der Waals surface area contributed by atoms with Crippen molar-refractivity contribution in [2.45, 2.75) is 39.0 Å². The van der Waals surface area contributed by atoms with Crippen LogP contribution in [0.2, 0.25) is 0 Å². The topological polar surface area (TPSA) is 36.7 Å². The zero-order chi connectivity index (χ0) is 9.84. The molecule has 1 unspecified atom stereocenters. The average molecular weight is 194 g/mol. The summed E-state index contributed by atoms with van der Waals surface area (Å²) in [6.45, 7) is 6.25. The van der Waals surface area contributed by atoms with Crippen LogP contribution in [-0.2, 0) is 0 Å². The molecule has 1 aromatic rings. The maximum atomic E-state index is 8.84. The summed E-state index contributed by atoms with van der Waals surface area (Å²) in [6, 6.07) is 2.27. The molecule has 13 heavy (non-hydrogen) atoms. The molecule has 0 aliphatic carbocycles. The van der Waals surface area contributed by atoms with Gasteiger partial charge in [-0.05, 0) is 12.3 Å². The molecule has 1 heterocycles. The van der Waals surface area contributed by atoms with E-state index in [1.165, 1.54) is 0 Å². The van der Waals surface area contributed by atoms with Crippen LogP contribution in [0.1, 0.15) is 49.7 Å². The Bertz CT molecular complexity index is 309. The van der Waals surface area contributed by atoms with Gasteiger partial charge in [-0.1, -0.05) is 20.8 Å². The maximum Gasteiger partial charge on any atom is 0.110 e. The van der Waals surface area contributed by atoms with Gasteiger partial charge in [-0.25, -0.2) is 4.98 Å². The molecule has 0 fully saturated rings. The highest BCUT2D eigenvalue weighted by Crippen LogP contribution is 2.25. The molecule has 0 radical (unpaired) electrons. The molecule has 0 amide bonds. The van der Waals surface area contributed by atoms with Crippen molar-refractivity contribution in [2.24, 2.45) is 0 Å². The van der Waals surface area contributed by atoms with Crippen molar-refractivity contribution in [2.75, 3.05) is 0 Å². The van der Waals surface area contributed by atoms with Crippen molar-refractivity contribution < 1.29 is 0 Å². The fourth-order valence-electron chi connectivity index (χ4n) is 1.05. The summed E-state index contributed by atoms with van der Waals surface area (Å²) in [5.41, 5.74) is 1.11. The Balaban J connectivity index is 2.85. The zero-order valence-electron chi connectivity index (χ0n) is 8.24. The number of nitrogens with zero attached hydrogens (tertiary/aromatic N) is 2. The SMILES string of the molecule is CCC(C#N)c1nc(C(C)C)cs1. The Hall–Kier alpha value is -0.880. The van der Waals surface area contributed by atoms with Crippen LogP contribution >= 0.6 is 11.3 Å². The minimum atomic E-state index is -0.0162. The Morgan fingerprint density at radius 3 is 2.69 bits per heavy atom. The lowest BCUT2D eigenvalue weighted by Crippen LogP contribution is -1.94. The molecular weight excluding hydrogens is 180 g/mol. The third kappa shape index (κ3) is 2.28. The number of hydrogen-bond donors (Lipinski definition) is 0. The predicted octanol–water partition coefficient (Wildman–Crippen LogP) is 3.28. The molecule has 2 nitrogen and oxygen atoms in total. The standard InChI is InChI=1S/C10H14N2S/c1-4-8(5-11)10-12-9(6-13-10)7(2)3/h6-8H,4H2,1-3H3. The van der Waals surface area contributed by atoms with Gasteiger partial charge in [0.15, 0.2) is 0 Å². The average Bonchev–Trinajstić information content (AvgIpc) is 2.56. The van der Waals surface area contributed by atoms with Crippen LogP contribution in [0.25, 0.3) is 0 Å². The molecule has 0 aliphatic heterocycles. The first-order valence-corrected chi connectivity index (χ1v) is 5.42. The largest absolute Gasteiger partial charge is 0.245 e. The van der Waals surface area contributed by atoms with Gasteiger partial charge in [0.2, 0.25) is 0 Å². The van der Waals surface area contributed by atoms with Crippen LogP contribution in [0.5, 0.6) is 0 Å². The van der Waals surface area contributed by atoms with Crippen LogP contribution in [0.3, 0.4) is 0 Å². The highest BCUT2D eigenvalue weighted by Gasteiger charge is 2.13. The lowest BCUT2D eigenvalue weighted by Gasteiger charge is -2.00. The van der Waals surface area contributed by atoms with Crippen molar-refractivity contribution in [1.82, 2.24) is 4.98 Å². The van der Waals surface area contributed by atoms with Gasteiger partial charge in [0.1, 0.15) is 5.01 Å². The van der Waals surface area contributed by atoms with E-state index in [4.69, 9.17) is 5.26 Å². The molecular formula is C10H14N2S. The van der Waals surface area contributed by atoms with Crippen molar-refractivity contribution in [1.29, 1.82) is 5.26 Å². The van der Waals surface area contributed by atoms with E-state index in [2.05, 4.69) is 30.3 Å². The van der Waals surface area contributed by atoms with Crippen LogP contribution in [0.4, 0.5) is 0 Å². The minimum absolute atomic E-state index is 0.0162. The molecule has 0 saturated heterocycles. The first kappa shape index (κ1) is 10.2. The third-order valence-electron chi connectivity index (χ3n) is 1.99. The number of aromatic nitrogens is 1. The number of hydrogen-bond acceptors (Lipinski definition) is 3. The highest BCUT2D eigenvalue weighted by molar-refractivity contribution is 7.09. The number of nitriles is 1. The molecule has 0 N–H and O–H groups in total. The fourth-order valence-corrected chi connectivity index (χ4v) is 2.16. The van der Waals surface area contributed by atoms with Crippen molar-refractivity contribution >= 4 is 11.3 Å². The fraction of sp³-hybridized carbons (Fsp3) is 0.600. The summed E-state index contributed by atoms with van der Waals surface area (Å²) in [5.74, 6) is 0.443. The van der Waals surface area contributed by atoms with Gasteiger partial charge >= 0.3 is 0 Å². The second-order valence-corrected chi connectivity index (χ2v) is 4.24. The first-order valence-electron chi connectivity index (χ1n) is 4.54. The summed E-state index contributed by atoms with van der Waals surface area (Å²) in [6.07, 6.45) is 0.849. The van der Waals surface area contributed by atoms with E-state index in [1.807, 2.05) is 6.92 Å². The van der Waals surface area contributed by atoms with Gasteiger partial charge in [-0.2, -0.15) is 5.26 Å². The van der Waals surface area contributed by atoms with Gasteiger partial charge in [-0.15, -0.1) is 11.3 Å². The normalized spacial score (nSPS) is 12.8. The molecule has 0 aliphatic rings. The van der Waals surface area contributed by atoms with Gasteiger partial charge in [-0.3, -0.25) is 0 Å². The molecule has 0 spiro atoms. The van der Waals surface area contributed by atoms with Crippen LogP contribution in [-0.4, -0.2) is 4.98 Å². The van der Waals surface area contributed by atoms with Crippen molar-refractivity contribution in [3.63, 3.8) is 0 Å². The molecule has 70 valence electrons. The van der Waals surface area contributed by atoms with E-state index in [0.717, 1.165) is 17.1 Å². The van der Waals surface area contributed by atoms with Gasteiger partial charge in [0.25, 0.3) is 0 Å². The maximum absolute atomic E-state index is 8.84. The molecule has 1 rings (SSSR count). The van der Waals surface area contributed by atoms with Gasteiger partial charge < -0.3 is 0 Å². The Morgan fingerprint density at radius 1 is 1.62 bits per heavy atom. The van der Waals surface area contributed by atoms with E-state index in [0.29, 0.717) is 5.92 Å². The third-order valence-corrected chi connectivity index (χ3v) is 2.97. The monoisotopic (exact) mass is 194 g/mol. The summed E-state index contributed by atoms with van der Waals surface area (Å²) < 4.78 is 0. The van der Waals surface area contributed by atoms with Crippen LogP contribution in [0.15, 0.2) is 5.38 Å². The van der Waals surface area contributed by atoms with Crippen LogP contribution in [0, 0.1) is 11.3 Å². The van der Waals surface area contributed by atoms with Crippen molar-refractivity contribution in [3.8, 4) is 6.07 Å². The molecule has 0 saturated carbocycles. The highest BCUT2D eigenvalue weighted by atomic mass is 32.1. The van der Waals surface area contributed by atoms with E-state index in [9.17, 15) is 0 Å². The van der Waals surface area contributed by atoms with Gasteiger partial charge in [0.05, 0.1) is 17.7 Å². The lowest BCUT2D eigenvalue weighted by atomic mass is 10.1. The minimum Gasteiger partial charge on any atom is -0.245 e. The molecule has 0 aromatic carbocycles. The summed E-state index contributed by atoms with van der Waals surface area (Å²) in [4.78, 5) is 4.45. The van der Waals surface area contributed by atoms with Gasteiger partial charge in [0, 0.05) is 5.38 Å². The Kier molecular flexibility index (Phi) is 3.44. The second kappa shape index (κ2) is 4.38. The number of rotatable bonds is 3. The van der Waals surface area contributed by atoms with Crippen LogP contribution < -0.4 is 0 Å². The molecule has 3 heteroatoms. The smallest absolute Gasteiger partial charge is 0.110 e. The zero-order valence-corrected chi connectivity index (χ0v) is 9.06. The summed E-state index contributed by atoms with van der Waals surface area (Å²) in [5, 5.41) is 11.9. The Labute approximate surface area is 83.2 Å². The van der Waals surface area contributed by atoms with E-state index in [-0.39, 0.29) is 5.92 Å². The lowest BCUT2D eigenvalue weighted by molar-refractivity contribution is 0.776. The second-order valence-electron chi connectivity index (χ2n) is 3.36. The number of thiazole rings is 1. The van der Waals surface area contributed by atoms with E-state index in [1.54, 1.807) is 11.3 Å². The van der Waals surface area contributed by atoms with E-state index >= 15 is 0 Å². The molecule has 1 aromatic heterocycles. The first-order chi connectivity index (χ1) is 6.19. The van der Waals surface area contributed by atoms with E-state index < -0.39 is 0 Å².